The van der Waals surface area contributed by atoms with Gasteiger partial charge < -0.3 is 5.32 Å². The third-order valence-electron chi connectivity index (χ3n) is 3.32. The van der Waals surface area contributed by atoms with Crippen LogP contribution in [0.5, 0.6) is 0 Å². The van der Waals surface area contributed by atoms with Crippen molar-refractivity contribution >= 4 is 66.5 Å². The summed E-state index contributed by atoms with van der Waals surface area (Å²) in [5.41, 5.74) is 1.70. The van der Waals surface area contributed by atoms with Crippen molar-refractivity contribution in [2.75, 3.05) is 12.0 Å². The van der Waals surface area contributed by atoms with Gasteiger partial charge in [0, 0.05) is 14.6 Å². The number of hydrogen-bond donors (Lipinski definition) is 1. The van der Waals surface area contributed by atoms with E-state index in [-0.39, 0.29) is 17.8 Å². The fraction of sp³-hybridized carbons (Fsp3) is 0.0588. The first-order valence-corrected chi connectivity index (χ1v) is 9.44. The molecule has 24 heavy (non-hydrogen) atoms. The van der Waals surface area contributed by atoms with Gasteiger partial charge in [0.15, 0.2) is 0 Å². The smallest absolute Gasteiger partial charge is 0.295 e. The number of thioether (sulfide) groups is 1. The molecular weight excluding hydrogens is 456 g/mol. The normalized spacial score (nSPS) is 16.1. The first-order valence-electron chi connectivity index (χ1n) is 7.04. The van der Waals surface area contributed by atoms with Crippen LogP contribution < -0.4 is 5.32 Å². The van der Waals surface area contributed by atoms with Gasteiger partial charge in [-0.2, -0.15) is 0 Å². The van der Waals surface area contributed by atoms with E-state index in [1.807, 2.05) is 48.5 Å². The molecule has 1 heterocycles. The molecule has 1 aliphatic rings. The van der Waals surface area contributed by atoms with Crippen LogP contribution in [0.2, 0.25) is 0 Å². The number of nitrogens with zero attached hydrogens (tertiary/aromatic N) is 1. The van der Waals surface area contributed by atoms with Crippen LogP contribution in [0.4, 0.5) is 10.5 Å². The maximum absolute atomic E-state index is 12.5. The molecule has 3 rings (SSSR count). The van der Waals surface area contributed by atoms with Crippen LogP contribution in [0, 0.1) is 0 Å². The summed E-state index contributed by atoms with van der Waals surface area (Å²) in [6, 6.07) is 15.1. The molecule has 0 aromatic heterocycles. The SMILES string of the molecule is O=C1SC(=Cc2cccc(Br)c2)C(=O)N1CNc1ccccc1Br. The lowest BCUT2D eigenvalue weighted by molar-refractivity contribution is -0.122. The van der Waals surface area contributed by atoms with Crippen LogP contribution in [0.15, 0.2) is 62.4 Å². The molecule has 2 amide bonds. The highest BCUT2D eigenvalue weighted by Crippen LogP contribution is 2.32. The van der Waals surface area contributed by atoms with Crippen LogP contribution in [-0.4, -0.2) is 22.7 Å². The Balaban J connectivity index is 1.73. The van der Waals surface area contributed by atoms with Crippen molar-refractivity contribution in [3.63, 3.8) is 0 Å². The largest absolute Gasteiger partial charge is 0.366 e. The molecule has 0 saturated carbocycles. The lowest BCUT2D eigenvalue weighted by Gasteiger charge is -2.15. The Labute approximate surface area is 160 Å². The zero-order chi connectivity index (χ0) is 17.1. The van der Waals surface area contributed by atoms with Crippen molar-refractivity contribution in [2.45, 2.75) is 0 Å². The Hall–Kier alpha value is -1.57. The topological polar surface area (TPSA) is 49.4 Å². The van der Waals surface area contributed by atoms with E-state index < -0.39 is 0 Å². The number of carbonyl (C=O) groups excluding carboxylic acids is 2. The Morgan fingerprint density at radius 2 is 1.88 bits per heavy atom. The second kappa shape index (κ2) is 7.55. The molecule has 1 N–H and O–H groups in total. The second-order valence-corrected chi connectivity index (χ2v) is 7.74. The summed E-state index contributed by atoms with van der Waals surface area (Å²) in [6.45, 7) is 0.128. The zero-order valence-electron chi connectivity index (χ0n) is 12.3. The van der Waals surface area contributed by atoms with E-state index in [0.717, 1.165) is 32.0 Å². The van der Waals surface area contributed by atoms with Crippen LogP contribution in [0.25, 0.3) is 6.08 Å². The predicted molar refractivity (Wildman–Crippen MR) is 105 cm³/mol. The Morgan fingerprint density at radius 3 is 2.62 bits per heavy atom. The fourth-order valence-electron chi connectivity index (χ4n) is 2.15. The summed E-state index contributed by atoms with van der Waals surface area (Å²) in [5.74, 6) is -0.287. The van der Waals surface area contributed by atoms with Gasteiger partial charge in [0.25, 0.3) is 11.1 Å². The number of para-hydroxylation sites is 1. The minimum Gasteiger partial charge on any atom is -0.366 e. The number of carbonyl (C=O) groups is 2. The van der Waals surface area contributed by atoms with Gasteiger partial charge in [-0.25, -0.2) is 0 Å². The molecule has 2 aromatic carbocycles. The molecule has 0 atom stereocenters. The lowest BCUT2D eigenvalue weighted by atomic mass is 10.2. The average Bonchev–Trinajstić information content (AvgIpc) is 2.81. The molecule has 0 radical (unpaired) electrons. The third kappa shape index (κ3) is 3.91. The molecule has 0 unspecified atom stereocenters. The second-order valence-electron chi connectivity index (χ2n) is 4.98. The van der Waals surface area contributed by atoms with E-state index in [0.29, 0.717) is 4.91 Å². The standard InChI is InChI=1S/C17H12Br2N2O2S/c18-12-5-3-4-11(8-12)9-15-16(22)21(17(23)24-15)10-20-14-7-2-1-6-13(14)19/h1-9,20H,10H2. The van der Waals surface area contributed by atoms with Crippen molar-refractivity contribution in [3.05, 3.63) is 67.9 Å². The van der Waals surface area contributed by atoms with Gasteiger partial charge in [0.1, 0.15) is 0 Å². The molecule has 1 saturated heterocycles. The van der Waals surface area contributed by atoms with Crippen LogP contribution in [0.1, 0.15) is 5.56 Å². The number of amides is 2. The van der Waals surface area contributed by atoms with E-state index in [1.54, 1.807) is 6.08 Å². The zero-order valence-corrected chi connectivity index (χ0v) is 16.3. The summed E-state index contributed by atoms with van der Waals surface area (Å²) in [6.07, 6.45) is 1.73. The van der Waals surface area contributed by atoms with Crippen molar-refractivity contribution in [3.8, 4) is 0 Å². The quantitative estimate of drug-likeness (QED) is 0.618. The van der Waals surface area contributed by atoms with E-state index in [9.17, 15) is 9.59 Å². The summed E-state index contributed by atoms with van der Waals surface area (Å²) < 4.78 is 1.80. The number of rotatable bonds is 4. The Kier molecular flexibility index (Phi) is 5.43. The summed E-state index contributed by atoms with van der Waals surface area (Å²) in [5, 5.41) is 2.82. The van der Waals surface area contributed by atoms with Crippen LogP contribution in [0.3, 0.4) is 0 Å². The average molecular weight is 468 g/mol. The molecular formula is C17H12Br2N2O2S. The van der Waals surface area contributed by atoms with Crippen molar-refractivity contribution in [1.29, 1.82) is 0 Å². The van der Waals surface area contributed by atoms with Gasteiger partial charge in [0.05, 0.1) is 11.6 Å². The van der Waals surface area contributed by atoms with Gasteiger partial charge in [-0.1, -0.05) is 40.2 Å². The molecule has 7 heteroatoms. The Bertz CT molecular complexity index is 839. The van der Waals surface area contributed by atoms with Gasteiger partial charge in [0.2, 0.25) is 0 Å². The van der Waals surface area contributed by atoms with Gasteiger partial charge in [-0.05, 0) is 63.6 Å². The summed E-state index contributed by atoms with van der Waals surface area (Å²) in [7, 11) is 0. The van der Waals surface area contributed by atoms with Gasteiger partial charge in [-0.3, -0.25) is 14.5 Å². The van der Waals surface area contributed by atoms with E-state index in [1.165, 1.54) is 4.90 Å². The highest BCUT2D eigenvalue weighted by atomic mass is 79.9. The molecule has 0 bridgehead atoms. The highest BCUT2D eigenvalue weighted by molar-refractivity contribution is 9.10. The van der Waals surface area contributed by atoms with Gasteiger partial charge in [-0.15, -0.1) is 0 Å². The maximum Gasteiger partial charge on any atom is 0.295 e. The molecule has 4 nitrogen and oxygen atoms in total. The van der Waals surface area contributed by atoms with Gasteiger partial charge >= 0.3 is 0 Å². The van der Waals surface area contributed by atoms with Crippen molar-refractivity contribution in [2.24, 2.45) is 0 Å². The fourth-order valence-corrected chi connectivity index (χ4v) is 3.83. The number of imide groups is 1. The monoisotopic (exact) mass is 466 g/mol. The predicted octanol–water partition coefficient (Wildman–Crippen LogP) is 5.32. The molecule has 1 fully saturated rings. The molecule has 0 spiro atoms. The lowest BCUT2D eigenvalue weighted by Crippen LogP contribution is -2.33. The number of benzene rings is 2. The summed E-state index contributed by atoms with van der Waals surface area (Å²) in [4.78, 5) is 26.2. The number of nitrogens with one attached hydrogen (secondary N) is 1. The maximum atomic E-state index is 12.5. The van der Waals surface area contributed by atoms with E-state index >= 15 is 0 Å². The number of halogens is 2. The molecule has 2 aromatic rings. The molecule has 122 valence electrons. The molecule has 0 aliphatic carbocycles. The third-order valence-corrected chi connectivity index (χ3v) is 5.41. The minimum atomic E-state index is -0.287. The number of anilines is 1. The first kappa shape index (κ1) is 17.3. The van der Waals surface area contributed by atoms with Crippen molar-refractivity contribution < 1.29 is 9.59 Å². The van der Waals surface area contributed by atoms with Crippen LogP contribution >= 0.6 is 43.6 Å². The van der Waals surface area contributed by atoms with E-state index in [2.05, 4.69) is 37.2 Å². The van der Waals surface area contributed by atoms with Crippen LogP contribution in [-0.2, 0) is 4.79 Å². The first-order chi connectivity index (χ1) is 11.5. The molecule has 1 aliphatic heterocycles. The number of hydrogen-bond acceptors (Lipinski definition) is 4. The van der Waals surface area contributed by atoms with Crippen molar-refractivity contribution in [1.82, 2.24) is 4.90 Å². The van der Waals surface area contributed by atoms with E-state index in [4.69, 9.17) is 0 Å². The highest BCUT2D eigenvalue weighted by Gasteiger charge is 2.34. The summed E-state index contributed by atoms with van der Waals surface area (Å²) >= 11 is 7.78. The Morgan fingerprint density at radius 1 is 1.08 bits per heavy atom. The minimum absolute atomic E-state index is 0.128.